The van der Waals surface area contributed by atoms with Crippen molar-refractivity contribution in [2.45, 2.75) is 32.1 Å². The van der Waals surface area contributed by atoms with Crippen LogP contribution >= 0.6 is 0 Å². The van der Waals surface area contributed by atoms with Gasteiger partial charge < -0.3 is 10.2 Å². The molecule has 1 aromatic rings. The van der Waals surface area contributed by atoms with Gasteiger partial charge in [0.25, 0.3) is 0 Å². The van der Waals surface area contributed by atoms with E-state index in [1.807, 2.05) is 6.07 Å². The van der Waals surface area contributed by atoms with Crippen LogP contribution in [0.15, 0.2) is 30.3 Å². The molecule has 1 N–H and O–H groups in total. The third kappa shape index (κ3) is 3.46. The van der Waals surface area contributed by atoms with Crippen LogP contribution in [0.1, 0.15) is 37.7 Å². The fourth-order valence-electron chi connectivity index (χ4n) is 3.76. The maximum Gasteiger partial charge on any atom is 0.223 e. The van der Waals surface area contributed by atoms with Gasteiger partial charge in [0, 0.05) is 19.5 Å². The van der Waals surface area contributed by atoms with Gasteiger partial charge in [0.15, 0.2) is 0 Å². The van der Waals surface area contributed by atoms with Crippen LogP contribution in [-0.4, -0.2) is 37.0 Å². The monoisotopic (exact) mass is 286 g/mol. The molecule has 0 saturated carbocycles. The Morgan fingerprint density at radius 3 is 2.43 bits per heavy atom. The lowest BCUT2D eigenvalue weighted by Crippen LogP contribution is -2.33. The minimum Gasteiger partial charge on any atom is -0.343 e. The van der Waals surface area contributed by atoms with Gasteiger partial charge in [-0.15, -0.1) is 0 Å². The summed E-state index contributed by atoms with van der Waals surface area (Å²) in [7, 11) is 0. The zero-order chi connectivity index (χ0) is 14.7. The van der Waals surface area contributed by atoms with Gasteiger partial charge >= 0.3 is 0 Å². The van der Waals surface area contributed by atoms with Crippen LogP contribution in [-0.2, 0) is 4.79 Å². The topological polar surface area (TPSA) is 32.3 Å². The van der Waals surface area contributed by atoms with E-state index in [2.05, 4.69) is 41.4 Å². The second kappa shape index (κ2) is 6.61. The van der Waals surface area contributed by atoms with Crippen LogP contribution < -0.4 is 5.32 Å². The number of benzene rings is 1. The molecule has 0 bridgehead atoms. The molecule has 2 aliphatic rings. The Bertz CT molecular complexity index is 459. The summed E-state index contributed by atoms with van der Waals surface area (Å²) in [5, 5.41) is 3.49. The number of likely N-dealkylation sites (tertiary alicyclic amines) is 1. The standard InChI is InChI=1S/C18H26N2O/c1-14(15-5-3-2-4-6-15)11-18(21)20-9-7-16-12-19-13-17(16)8-10-20/h2-6,14,16-17,19H,7-13H2,1H3/t14?,16-,17+. The molecular weight excluding hydrogens is 260 g/mol. The molecule has 114 valence electrons. The number of rotatable bonds is 3. The normalized spacial score (nSPS) is 27.0. The van der Waals surface area contributed by atoms with Crippen molar-refractivity contribution in [1.82, 2.24) is 10.2 Å². The Hall–Kier alpha value is -1.35. The molecule has 3 heteroatoms. The molecule has 3 atom stereocenters. The SMILES string of the molecule is CC(CC(=O)N1CC[C@@H]2CNC[C@@H]2CC1)c1ccccc1. The Morgan fingerprint density at radius 2 is 1.81 bits per heavy atom. The lowest BCUT2D eigenvalue weighted by molar-refractivity contribution is -0.131. The zero-order valence-electron chi connectivity index (χ0n) is 12.9. The van der Waals surface area contributed by atoms with E-state index in [0.29, 0.717) is 18.2 Å². The minimum atomic E-state index is 0.308. The van der Waals surface area contributed by atoms with Crippen LogP contribution in [0.4, 0.5) is 0 Å². The van der Waals surface area contributed by atoms with E-state index < -0.39 is 0 Å². The molecule has 1 aromatic carbocycles. The highest BCUT2D eigenvalue weighted by molar-refractivity contribution is 5.77. The Labute approximate surface area is 127 Å². The number of nitrogens with zero attached hydrogens (tertiary/aromatic N) is 1. The van der Waals surface area contributed by atoms with Crippen LogP contribution in [0.3, 0.4) is 0 Å². The summed E-state index contributed by atoms with van der Waals surface area (Å²) in [4.78, 5) is 14.7. The third-order valence-electron chi connectivity index (χ3n) is 5.22. The van der Waals surface area contributed by atoms with Crippen molar-refractivity contribution in [3.05, 3.63) is 35.9 Å². The van der Waals surface area contributed by atoms with E-state index in [1.165, 1.54) is 18.4 Å². The predicted octanol–water partition coefficient (Wildman–Crippen LogP) is 2.64. The van der Waals surface area contributed by atoms with Crippen LogP contribution in [0.5, 0.6) is 0 Å². The van der Waals surface area contributed by atoms with Gasteiger partial charge in [-0.25, -0.2) is 0 Å². The number of carbonyl (C=O) groups is 1. The second-order valence-corrected chi connectivity index (χ2v) is 6.65. The fourth-order valence-corrected chi connectivity index (χ4v) is 3.76. The first kappa shape index (κ1) is 14.6. The van der Waals surface area contributed by atoms with Crippen molar-refractivity contribution in [2.24, 2.45) is 11.8 Å². The first-order valence-corrected chi connectivity index (χ1v) is 8.27. The fraction of sp³-hybridized carbons (Fsp3) is 0.611. The van der Waals surface area contributed by atoms with Crippen LogP contribution in [0.25, 0.3) is 0 Å². The molecule has 0 radical (unpaired) electrons. The third-order valence-corrected chi connectivity index (χ3v) is 5.22. The first-order chi connectivity index (χ1) is 10.2. The molecule has 1 amide bonds. The molecule has 0 aromatic heterocycles. The summed E-state index contributed by atoms with van der Waals surface area (Å²) in [5.41, 5.74) is 1.27. The average molecular weight is 286 g/mol. The molecule has 3 nitrogen and oxygen atoms in total. The van der Waals surface area contributed by atoms with Crippen molar-refractivity contribution in [2.75, 3.05) is 26.2 Å². The van der Waals surface area contributed by atoms with Crippen molar-refractivity contribution < 1.29 is 4.79 Å². The summed E-state index contributed by atoms with van der Waals surface area (Å²) in [6, 6.07) is 10.4. The van der Waals surface area contributed by atoms with Gasteiger partial charge in [-0.2, -0.15) is 0 Å². The van der Waals surface area contributed by atoms with E-state index >= 15 is 0 Å². The maximum atomic E-state index is 12.6. The summed E-state index contributed by atoms with van der Waals surface area (Å²) in [6.07, 6.45) is 2.98. The Morgan fingerprint density at radius 1 is 1.19 bits per heavy atom. The van der Waals surface area contributed by atoms with Crippen LogP contribution in [0.2, 0.25) is 0 Å². The van der Waals surface area contributed by atoms with E-state index in [0.717, 1.165) is 38.0 Å². The van der Waals surface area contributed by atoms with E-state index in [-0.39, 0.29) is 0 Å². The van der Waals surface area contributed by atoms with E-state index in [4.69, 9.17) is 0 Å². The number of amides is 1. The number of carbonyl (C=O) groups excluding carboxylic acids is 1. The quantitative estimate of drug-likeness (QED) is 0.926. The molecule has 2 saturated heterocycles. The molecule has 0 aliphatic carbocycles. The summed E-state index contributed by atoms with van der Waals surface area (Å²) in [5.74, 6) is 2.21. The second-order valence-electron chi connectivity index (χ2n) is 6.65. The van der Waals surface area contributed by atoms with Gasteiger partial charge in [-0.05, 0) is 49.2 Å². The molecule has 2 heterocycles. The molecule has 1 unspecified atom stereocenters. The number of hydrogen-bond acceptors (Lipinski definition) is 2. The number of hydrogen-bond donors (Lipinski definition) is 1. The smallest absolute Gasteiger partial charge is 0.223 e. The lowest BCUT2D eigenvalue weighted by Gasteiger charge is -2.23. The van der Waals surface area contributed by atoms with E-state index in [9.17, 15) is 4.79 Å². The van der Waals surface area contributed by atoms with Crippen molar-refractivity contribution in [3.8, 4) is 0 Å². The van der Waals surface area contributed by atoms with Gasteiger partial charge in [-0.1, -0.05) is 37.3 Å². The molecule has 2 fully saturated rings. The molecule has 21 heavy (non-hydrogen) atoms. The number of fused-ring (bicyclic) bond motifs is 1. The maximum absolute atomic E-state index is 12.6. The average Bonchev–Trinajstić information content (AvgIpc) is 2.86. The summed E-state index contributed by atoms with van der Waals surface area (Å²) >= 11 is 0. The van der Waals surface area contributed by atoms with Crippen molar-refractivity contribution in [1.29, 1.82) is 0 Å². The minimum absolute atomic E-state index is 0.308. The highest BCUT2D eigenvalue weighted by atomic mass is 16.2. The van der Waals surface area contributed by atoms with Gasteiger partial charge in [0.1, 0.15) is 0 Å². The molecular formula is C18H26N2O. The zero-order valence-corrected chi connectivity index (χ0v) is 12.9. The number of nitrogens with one attached hydrogen (secondary N) is 1. The summed E-state index contributed by atoms with van der Waals surface area (Å²) in [6.45, 7) is 6.34. The van der Waals surface area contributed by atoms with Crippen molar-refractivity contribution in [3.63, 3.8) is 0 Å². The highest BCUT2D eigenvalue weighted by Gasteiger charge is 2.31. The predicted molar refractivity (Wildman–Crippen MR) is 85.1 cm³/mol. The van der Waals surface area contributed by atoms with Crippen LogP contribution in [0, 0.1) is 11.8 Å². The first-order valence-electron chi connectivity index (χ1n) is 8.27. The largest absolute Gasteiger partial charge is 0.343 e. The Kier molecular flexibility index (Phi) is 4.59. The summed E-state index contributed by atoms with van der Waals surface area (Å²) < 4.78 is 0. The van der Waals surface area contributed by atoms with Gasteiger partial charge in [0.2, 0.25) is 5.91 Å². The van der Waals surface area contributed by atoms with Gasteiger partial charge in [0.05, 0.1) is 0 Å². The Balaban J connectivity index is 1.55. The van der Waals surface area contributed by atoms with Crippen molar-refractivity contribution >= 4 is 5.91 Å². The van der Waals surface area contributed by atoms with E-state index in [1.54, 1.807) is 0 Å². The highest BCUT2D eigenvalue weighted by Crippen LogP contribution is 2.28. The molecule has 3 rings (SSSR count). The molecule has 0 spiro atoms. The van der Waals surface area contributed by atoms with Gasteiger partial charge in [-0.3, -0.25) is 4.79 Å². The molecule has 2 aliphatic heterocycles. The lowest BCUT2D eigenvalue weighted by atomic mass is 9.92.